The van der Waals surface area contributed by atoms with Crippen molar-refractivity contribution in [1.29, 1.82) is 0 Å². The van der Waals surface area contributed by atoms with E-state index in [1.54, 1.807) is 0 Å². The zero-order valence-electron chi connectivity index (χ0n) is 11.8. The molecule has 5 heteroatoms. The maximum Gasteiger partial charge on any atom is 0.229 e. The van der Waals surface area contributed by atoms with Crippen LogP contribution in [0.2, 0.25) is 0 Å². The van der Waals surface area contributed by atoms with E-state index < -0.39 is 0 Å². The highest BCUT2D eigenvalue weighted by Crippen LogP contribution is 2.29. The van der Waals surface area contributed by atoms with Crippen molar-refractivity contribution in [2.24, 2.45) is 0 Å². The smallest absolute Gasteiger partial charge is 0.229 e. The summed E-state index contributed by atoms with van der Waals surface area (Å²) in [5, 5.41) is 7.61. The van der Waals surface area contributed by atoms with Crippen LogP contribution in [0.5, 0.6) is 0 Å². The topological polar surface area (TPSA) is 54.2 Å². The molecule has 19 heavy (non-hydrogen) atoms. The molecule has 0 saturated carbocycles. The average molecular weight is 264 g/mol. The molecule has 3 heterocycles. The van der Waals surface area contributed by atoms with Gasteiger partial charge in [-0.25, -0.2) is 0 Å². The molecule has 1 N–H and O–H groups in total. The standard InChI is InChI=1S/C14H24N4O/c1-2-18-9-5-11(6-10-18)13-16-14(19-17-13)12-3-7-15-8-4-12/h11-12,15H,2-10H2,1H3. The van der Waals surface area contributed by atoms with Gasteiger partial charge < -0.3 is 14.7 Å². The SMILES string of the molecule is CCN1CCC(c2noc(C3CCNCC3)n2)CC1. The van der Waals surface area contributed by atoms with Crippen LogP contribution in [0.4, 0.5) is 0 Å². The zero-order chi connectivity index (χ0) is 13.1. The van der Waals surface area contributed by atoms with Gasteiger partial charge in [0.1, 0.15) is 0 Å². The van der Waals surface area contributed by atoms with Crippen molar-refractivity contribution in [1.82, 2.24) is 20.4 Å². The number of hydrogen-bond acceptors (Lipinski definition) is 5. The molecule has 106 valence electrons. The maximum absolute atomic E-state index is 5.51. The first-order valence-corrected chi connectivity index (χ1v) is 7.63. The second-order valence-corrected chi connectivity index (χ2v) is 5.72. The molecule has 0 spiro atoms. The van der Waals surface area contributed by atoms with E-state index in [1.807, 2.05) is 0 Å². The lowest BCUT2D eigenvalue weighted by atomic mass is 9.95. The van der Waals surface area contributed by atoms with Gasteiger partial charge in [0.15, 0.2) is 5.82 Å². The van der Waals surface area contributed by atoms with Gasteiger partial charge in [0.2, 0.25) is 5.89 Å². The molecule has 0 atom stereocenters. The summed E-state index contributed by atoms with van der Waals surface area (Å²) in [4.78, 5) is 7.17. The summed E-state index contributed by atoms with van der Waals surface area (Å²) in [5.41, 5.74) is 0. The Morgan fingerprint density at radius 1 is 1.16 bits per heavy atom. The number of nitrogens with one attached hydrogen (secondary N) is 1. The van der Waals surface area contributed by atoms with Gasteiger partial charge in [-0.3, -0.25) is 0 Å². The van der Waals surface area contributed by atoms with Crippen LogP contribution in [-0.2, 0) is 0 Å². The summed E-state index contributed by atoms with van der Waals surface area (Å²) in [5.74, 6) is 2.79. The molecule has 3 rings (SSSR count). The summed E-state index contributed by atoms with van der Waals surface area (Å²) in [6, 6.07) is 0. The van der Waals surface area contributed by atoms with Gasteiger partial charge in [-0.15, -0.1) is 0 Å². The number of nitrogens with zero attached hydrogens (tertiary/aromatic N) is 3. The van der Waals surface area contributed by atoms with Gasteiger partial charge >= 0.3 is 0 Å². The van der Waals surface area contributed by atoms with Crippen molar-refractivity contribution >= 4 is 0 Å². The van der Waals surface area contributed by atoms with E-state index in [1.165, 1.54) is 25.9 Å². The minimum Gasteiger partial charge on any atom is -0.339 e. The number of rotatable bonds is 3. The Labute approximate surface area is 114 Å². The van der Waals surface area contributed by atoms with Gasteiger partial charge in [0, 0.05) is 11.8 Å². The molecule has 2 saturated heterocycles. The highest BCUT2D eigenvalue weighted by molar-refractivity contribution is 5.02. The molecule has 0 unspecified atom stereocenters. The Kier molecular flexibility index (Phi) is 4.13. The van der Waals surface area contributed by atoms with E-state index in [0.717, 1.165) is 44.2 Å². The number of hydrogen-bond donors (Lipinski definition) is 1. The Morgan fingerprint density at radius 2 is 1.89 bits per heavy atom. The summed E-state index contributed by atoms with van der Waals surface area (Å²) in [7, 11) is 0. The number of aromatic nitrogens is 2. The zero-order valence-corrected chi connectivity index (χ0v) is 11.8. The molecular formula is C14H24N4O. The highest BCUT2D eigenvalue weighted by atomic mass is 16.5. The van der Waals surface area contributed by atoms with Crippen LogP contribution in [-0.4, -0.2) is 47.8 Å². The molecule has 2 aliphatic rings. The normalized spacial score (nSPS) is 23.8. The van der Waals surface area contributed by atoms with E-state index in [9.17, 15) is 0 Å². The molecule has 1 aromatic rings. The lowest BCUT2D eigenvalue weighted by Crippen LogP contribution is -2.32. The Hall–Kier alpha value is -0.940. The van der Waals surface area contributed by atoms with Crippen LogP contribution in [0.25, 0.3) is 0 Å². The predicted octanol–water partition coefficient (Wildman–Crippen LogP) is 1.74. The van der Waals surface area contributed by atoms with Gasteiger partial charge in [0.05, 0.1) is 0 Å². The first kappa shape index (κ1) is 13.1. The summed E-state index contributed by atoms with van der Waals surface area (Å²) < 4.78 is 5.51. The Balaban J connectivity index is 1.61. The number of likely N-dealkylation sites (tertiary alicyclic amines) is 1. The molecule has 2 aliphatic heterocycles. The van der Waals surface area contributed by atoms with Gasteiger partial charge in [-0.05, 0) is 58.4 Å². The third-order valence-corrected chi connectivity index (χ3v) is 4.55. The minimum atomic E-state index is 0.471. The van der Waals surface area contributed by atoms with Crippen molar-refractivity contribution in [3.8, 4) is 0 Å². The molecule has 0 bridgehead atoms. The molecule has 0 aliphatic carbocycles. The van der Waals surface area contributed by atoms with Crippen molar-refractivity contribution in [3.05, 3.63) is 11.7 Å². The van der Waals surface area contributed by atoms with E-state index in [4.69, 9.17) is 4.52 Å². The quantitative estimate of drug-likeness (QED) is 0.901. The molecule has 1 aromatic heterocycles. The van der Waals surface area contributed by atoms with Crippen molar-refractivity contribution in [2.45, 2.75) is 44.4 Å². The molecule has 0 aromatic carbocycles. The second kappa shape index (κ2) is 6.01. The molecule has 2 fully saturated rings. The lowest BCUT2D eigenvalue weighted by molar-refractivity contribution is 0.217. The van der Waals surface area contributed by atoms with Crippen LogP contribution in [0.3, 0.4) is 0 Å². The number of piperidine rings is 2. The van der Waals surface area contributed by atoms with Crippen LogP contribution < -0.4 is 5.32 Å². The lowest BCUT2D eigenvalue weighted by Gasteiger charge is -2.29. The average Bonchev–Trinajstić information content (AvgIpc) is 2.98. The fraction of sp³-hybridized carbons (Fsp3) is 0.857. The summed E-state index contributed by atoms with van der Waals surface area (Å²) in [6.45, 7) is 7.84. The van der Waals surface area contributed by atoms with Gasteiger partial charge in [-0.2, -0.15) is 4.98 Å². The summed E-state index contributed by atoms with van der Waals surface area (Å²) in [6.07, 6.45) is 4.57. The Bertz CT molecular complexity index is 392. The second-order valence-electron chi connectivity index (χ2n) is 5.72. The van der Waals surface area contributed by atoms with E-state index in [2.05, 4.69) is 27.3 Å². The van der Waals surface area contributed by atoms with Crippen LogP contribution in [0, 0.1) is 0 Å². The van der Waals surface area contributed by atoms with E-state index in [0.29, 0.717) is 11.8 Å². The third kappa shape index (κ3) is 2.98. The Morgan fingerprint density at radius 3 is 2.58 bits per heavy atom. The monoisotopic (exact) mass is 264 g/mol. The fourth-order valence-corrected chi connectivity index (χ4v) is 3.16. The van der Waals surface area contributed by atoms with Crippen molar-refractivity contribution < 1.29 is 4.52 Å². The minimum absolute atomic E-state index is 0.471. The summed E-state index contributed by atoms with van der Waals surface area (Å²) >= 11 is 0. The molecule has 5 nitrogen and oxygen atoms in total. The van der Waals surface area contributed by atoms with Crippen LogP contribution in [0.1, 0.15) is 56.2 Å². The van der Waals surface area contributed by atoms with Crippen molar-refractivity contribution in [3.63, 3.8) is 0 Å². The largest absolute Gasteiger partial charge is 0.339 e. The third-order valence-electron chi connectivity index (χ3n) is 4.55. The highest BCUT2D eigenvalue weighted by Gasteiger charge is 2.26. The maximum atomic E-state index is 5.51. The van der Waals surface area contributed by atoms with Gasteiger partial charge in [-0.1, -0.05) is 12.1 Å². The predicted molar refractivity (Wildman–Crippen MR) is 73.2 cm³/mol. The van der Waals surface area contributed by atoms with Crippen molar-refractivity contribution in [2.75, 3.05) is 32.7 Å². The molecule has 0 radical (unpaired) electrons. The van der Waals surface area contributed by atoms with E-state index >= 15 is 0 Å². The first-order chi connectivity index (χ1) is 9.36. The fourth-order valence-electron chi connectivity index (χ4n) is 3.16. The molecular weight excluding hydrogens is 240 g/mol. The van der Waals surface area contributed by atoms with Gasteiger partial charge in [0.25, 0.3) is 0 Å². The van der Waals surface area contributed by atoms with Crippen LogP contribution >= 0.6 is 0 Å². The first-order valence-electron chi connectivity index (χ1n) is 7.63. The van der Waals surface area contributed by atoms with E-state index in [-0.39, 0.29) is 0 Å². The van der Waals surface area contributed by atoms with Crippen LogP contribution in [0.15, 0.2) is 4.52 Å². The molecule has 0 amide bonds.